The second-order valence-corrected chi connectivity index (χ2v) is 5.61. The van der Waals surface area contributed by atoms with Crippen LogP contribution in [0.5, 0.6) is 0 Å². The minimum atomic E-state index is -0.511. The van der Waals surface area contributed by atoms with E-state index < -0.39 is 5.91 Å². The van der Waals surface area contributed by atoms with Gasteiger partial charge in [0, 0.05) is 16.8 Å². The van der Waals surface area contributed by atoms with Crippen LogP contribution in [0.4, 0.5) is 5.69 Å². The molecule has 0 aliphatic carbocycles. The Labute approximate surface area is 145 Å². The fourth-order valence-corrected chi connectivity index (χ4v) is 2.43. The fraction of sp³-hybridized carbons (Fsp3) is 0.100. The van der Waals surface area contributed by atoms with Crippen molar-refractivity contribution in [2.24, 2.45) is 5.73 Å². The lowest BCUT2D eigenvalue weighted by Crippen LogP contribution is -2.12. The van der Waals surface area contributed by atoms with Crippen LogP contribution in [0.15, 0.2) is 65.1 Å². The van der Waals surface area contributed by atoms with E-state index in [9.17, 15) is 9.59 Å². The van der Waals surface area contributed by atoms with Gasteiger partial charge >= 0.3 is 0 Å². The highest BCUT2D eigenvalue weighted by Gasteiger charge is 2.13. The number of primary amides is 1. The molecule has 3 rings (SSSR count). The molecular weight excluding hydrogens is 316 g/mol. The van der Waals surface area contributed by atoms with Crippen LogP contribution in [-0.4, -0.2) is 11.8 Å². The van der Waals surface area contributed by atoms with Crippen molar-refractivity contribution >= 4 is 17.5 Å². The number of amides is 2. The standard InChI is InChI=1S/C20H18N2O3/c1-2-13-3-5-14(6-4-13)17-11-12-18(25-17)20(24)22-16-9-7-15(8-10-16)19(21)23/h3-12H,2H2,1H3,(H2,21,23)(H,22,24). The van der Waals surface area contributed by atoms with E-state index in [2.05, 4.69) is 12.2 Å². The number of furan rings is 1. The second-order valence-electron chi connectivity index (χ2n) is 5.61. The molecule has 3 aromatic rings. The van der Waals surface area contributed by atoms with Crippen LogP contribution in [-0.2, 0) is 6.42 Å². The van der Waals surface area contributed by atoms with E-state index in [0.717, 1.165) is 12.0 Å². The maximum absolute atomic E-state index is 12.3. The quantitative estimate of drug-likeness (QED) is 0.743. The number of hydrogen-bond donors (Lipinski definition) is 2. The van der Waals surface area contributed by atoms with E-state index in [1.165, 1.54) is 5.56 Å². The zero-order valence-corrected chi connectivity index (χ0v) is 13.8. The summed E-state index contributed by atoms with van der Waals surface area (Å²) in [5, 5.41) is 2.72. The summed E-state index contributed by atoms with van der Waals surface area (Å²) in [4.78, 5) is 23.3. The smallest absolute Gasteiger partial charge is 0.291 e. The van der Waals surface area contributed by atoms with E-state index in [4.69, 9.17) is 10.2 Å². The lowest BCUT2D eigenvalue weighted by atomic mass is 10.1. The summed E-state index contributed by atoms with van der Waals surface area (Å²) in [7, 11) is 0. The molecule has 5 nitrogen and oxygen atoms in total. The zero-order valence-electron chi connectivity index (χ0n) is 13.8. The summed E-state index contributed by atoms with van der Waals surface area (Å²) in [6, 6.07) is 17.8. The number of carbonyl (C=O) groups is 2. The van der Waals surface area contributed by atoms with Gasteiger partial charge in [0.05, 0.1) is 0 Å². The number of hydrogen-bond acceptors (Lipinski definition) is 3. The predicted octanol–water partition coefficient (Wildman–Crippen LogP) is 3.86. The van der Waals surface area contributed by atoms with Crippen molar-refractivity contribution in [1.82, 2.24) is 0 Å². The van der Waals surface area contributed by atoms with Crippen LogP contribution in [0.1, 0.15) is 33.4 Å². The first-order chi connectivity index (χ1) is 12.1. The average molecular weight is 334 g/mol. The highest BCUT2D eigenvalue weighted by Crippen LogP contribution is 2.23. The number of anilines is 1. The first-order valence-corrected chi connectivity index (χ1v) is 7.97. The molecule has 0 aliphatic rings. The van der Waals surface area contributed by atoms with Crippen LogP contribution >= 0.6 is 0 Å². The molecule has 126 valence electrons. The van der Waals surface area contributed by atoms with Gasteiger partial charge in [0.1, 0.15) is 5.76 Å². The summed E-state index contributed by atoms with van der Waals surface area (Å²) >= 11 is 0. The molecule has 25 heavy (non-hydrogen) atoms. The largest absolute Gasteiger partial charge is 0.451 e. The molecule has 1 heterocycles. The van der Waals surface area contributed by atoms with Crippen LogP contribution in [0.25, 0.3) is 11.3 Å². The molecule has 2 aromatic carbocycles. The Kier molecular flexibility index (Phi) is 4.66. The average Bonchev–Trinajstić information content (AvgIpc) is 3.12. The number of benzene rings is 2. The zero-order chi connectivity index (χ0) is 17.8. The Balaban J connectivity index is 1.72. The molecule has 2 amide bonds. The van der Waals surface area contributed by atoms with E-state index in [1.54, 1.807) is 36.4 Å². The van der Waals surface area contributed by atoms with Crippen molar-refractivity contribution in [3.63, 3.8) is 0 Å². The highest BCUT2D eigenvalue weighted by molar-refractivity contribution is 6.03. The summed E-state index contributed by atoms with van der Waals surface area (Å²) in [5.74, 6) is -0.0173. The van der Waals surface area contributed by atoms with Crippen molar-refractivity contribution in [2.45, 2.75) is 13.3 Å². The normalized spacial score (nSPS) is 10.4. The molecule has 0 saturated carbocycles. The summed E-state index contributed by atoms with van der Waals surface area (Å²) in [6.45, 7) is 2.10. The number of rotatable bonds is 5. The molecule has 0 unspecified atom stereocenters. The van der Waals surface area contributed by atoms with Crippen molar-refractivity contribution in [1.29, 1.82) is 0 Å². The molecule has 0 fully saturated rings. The van der Waals surface area contributed by atoms with Gasteiger partial charge in [-0.2, -0.15) is 0 Å². The first-order valence-electron chi connectivity index (χ1n) is 7.97. The van der Waals surface area contributed by atoms with Gasteiger partial charge in [-0.15, -0.1) is 0 Å². The molecule has 0 saturated heterocycles. The Morgan fingerprint density at radius 2 is 1.64 bits per heavy atom. The number of carbonyl (C=O) groups excluding carboxylic acids is 2. The van der Waals surface area contributed by atoms with Gasteiger partial charge in [-0.3, -0.25) is 9.59 Å². The lowest BCUT2D eigenvalue weighted by molar-refractivity contribution is 0.0992. The molecule has 0 atom stereocenters. The van der Waals surface area contributed by atoms with Crippen molar-refractivity contribution in [3.8, 4) is 11.3 Å². The van der Waals surface area contributed by atoms with E-state index in [0.29, 0.717) is 17.0 Å². The van der Waals surface area contributed by atoms with Crippen LogP contribution in [0, 0.1) is 0 Å². The van der Waals surface area contributed by atoms with Gasteiger partial charge in [0.15, 0.2) is 5.76 Å². The Hall–Kier alpha value is -3.34. The minimum absolute atomic E-state index is 0.216. The molecule has 3 N–H and O–H groups in total. The molecular formula is C20H18N2O3. The third-order valence-corrected chi connectivity index (χ3v) is 3.90. The topological polar surface area (TPSA) is 85.3 Å². The van der Waals surface area contributed by atoms with Gasteiger partial charge in [0.2, 0.25) is 5.91 Å². The van der Waals surface area contributed by atoms with Crippen LogP contribution < -0.4 is 11.1 Å². The van der Waals surface area contributed by atoms with Gasteiger partial charge in [-0.25, -0.2) is 0 Å². The molecule has 1 aromatic heterocycles. The van der Waals surface area contributed by atoms with Gasteiger partial charge in [0.25, 0.3) is 5.91 Å². The van der Waals surface area contributed by atoms with Crippen LogP contribution in [0.3, 0.4) is 0 Å². The first kappa shape index (κ1) is 16.5. The molecule has 5 heteroatoms. The summed E-state index contributed by atoms with van der Waals surface area (Å²) < 4.78 is 5.65. The summed E-state index contributed by atoms with van der Waals surface area (Å²) in [5.41, 5.74) is 8.29. The third kappa shape index (κ3) is 3.77. The van der Waals surface area contributed by atoms with E-state index in [1.807, 2.05) is 24.3 Å². The number of nitrogens with one attached hydrogen (secondary N) is 1. The Bertz CT molecular complexity index is 893. The van der Waals surface area contributed by atoms with Crippen LogP contribution in [0.2, 0.25) is 0 Å². The number of nitrogens with two attached hydrogens (primary N) is 1. The highest BCUT2D eigenvalue weighted by atomic mass is 16.3. The fourth-order valence-electron chi connectivity index (χ4n) is 2.43. The molecule has 0 spiro atoms. The van der Waals surface area contributed by atoms with Crippen molar-refractivity contribution < 1.29 is 14.0 Å². The van der Waals surface area contributed by atoms with Crippen molar-refractivity contribution in [3.05, 3.63) is 77.6 Å². The van der Waals surface area contributed by atoms with Gasteiger partial charge < -0.3 is 15.5 Å². The number of aryl methyl sites for hydroxylation is 1. The predicted molar refractivity (Wildman–Crippen MR) is 96.4 cm³/mol. The van der Waals surface area contributed by atoms with Gasteiger partial charge in [-0.05, 0) is 48.4 Å². The summed E-state index contributed by atoms with van der Waals surface area (Å²) in [6.07, 6.45) is 0.973. The maximum Gasteiger partial charge on any atom is 0.291 e. The lowest BCUT2D eigenvalue weighted by Gasteiger charge is -2.04. The Morgan fingerprint density at radius 1 is 0.960 bits per heavy atom. The van der Waals surface area contributed by atoms with Gasteiger partial charge in [-0.1, -0.05) is 31.2 Å². The molecule has 0 aliphatic heterocycles. The molecule has 0 bridgehead atoms. The third-order valence-electron chi connectivity index (χ3n) is 3.90. The molecule has 0 radical (unpaired) electrons. The Morgan fingerprint density at radius 3 is 2.24 bits per heavy atom. The maximum atomic E-state index is 12.3. The minimum Gasteiger partial charge on any atom is -0.451 e. The van der Waals surface area contributed by atoms with E-state index in [-0.39, 0.29) is 11.7 Å². The SMILES string of the molecule is CCc1ccc(-c2ccc(C(=O)Nc3ccc(C(N)=O)cc3)o2)cc1. The van der Waals surface area contributed by atoms with E-state index >= 15 is 0 Å². The van der Waals surface area contributed by atoms with Crippen molar-refractivity contribution in [2.75, 3.05) is 5.32 Å². The monoisotopic (exact) mass is 334 g/mol. The second kappa shape index (κ2) is 7.05.